The van der Waals surface area contributed by atoms with E-state index in [1.54, 1.807) is 25.9 Å². The summed E-state index contributed by atoms with van der Waals surface area (Å²) in [7, 11) is 3.30. The molecule has 2 atom stereocenters. The minimum Gasteiger partial charge on any atom is -0.383 e. The highest BCUT2D eigenvalue weighted by atomic mass is 32.2. The van der Waals surface area contributed by atoms with Crippen molar-refractivity contribution in [2.45, 2.75) is 32.5 Å². The van der Waals surface area contributed by atoms with Gasteiger partial charge in [0.1, 0.15) is 0 Å². The summed E-state index contributed by atoms with van der Waals surface area (Å²) in [4.78, 5) is 32.0. The molecule has 0 aliphatic carbocycles. The maximum absolute atomic E-state index is 12.2. The van der Waals surface area contributed by atoms with Gasteiger partial charge in [-0.25, -0.2) is 9.79 Å². The van der Waals surface area contributed by atoms with E-state index in [2.05, 4.69) is 24.2 Å². The van der Waals surface area contributed by atoms with Crippen LogP contribution in [0.2, 0.25) is 0 Å². The van der Waals surface area contributed by atoms with E-state index in [1.807, 2.05) is 4.90 Å². The minimum absolute atomic E-state index is 0.285. The van der Waals surface area contributed by atoms with Crippen molar-refractivity contribution < 1.29 is 14.3 Å². The number of urea groups is 1. The number of aliphatic imine (C=N–C) groups is 1. The van der Waals surface area contributed by atoms with Gasteiger partial charge in [0.05, 0.1) is 6.61 Å². The molecule has 1 fully saturated rings. The van der Waals surface area contributed by atoms with Gasteiger partial charge < -0.3 is 14.5 Å². The van der Waals surface area contributed by atoms with E-state index < -0.39 is 18.2 Å². The van der Waals surface area contributed by atoms with Crippen LogP contribution in [-0.2, 0) is 9.53 Å². The molecular formula is C14H24N4O3S. The summed E-state index contributed by atoms with van der Waals surface area (Å²) in [6.45, 7) is 5.46. The molecule has 2 heterocycles. The number of rotatable bonds is 6. The lowest BCUT2D eigenvalue weighted by molar-refractivity contribution is -0.127. The number of amidine groups is 1. The highest BCUT2D eigenvalue weighted by molar-refractivity contribution is 8.13. The first-order chi connectivity index (χ1) is 10.5. The van der Waals surface area contributed by atoms with Gasteiger partial charge in [0.2, 0.25) is 0 Å². The van der Waals surface area contributed by atoms with Gasteiger partial charge in [-0.3, -0.25) is 10.1 Å². The number of hydrogen-bond acceptors (Lipinski definition) is 6. The molecule has 0 aromatic heterocycles. The first-order valence-electron chi connectivity index (χ1n) is 7.49. The van der Waals surface area contributed by atoms with Gasteiger partial charge in [-0.1, -0.05) is 25.6 Å². The predicted molar refractivity (Wildman–Crippen MR) is 86.8 cm³/mol. The number of hydrogen-bond donors (Lipinski definition) is 1. The predicted octanol–water partition coefficient (Wildman–Crippen LogP) is 0.960. The van der Waals surface area contributed by atoms with Crippen molar-refractivity contribution in [2.24, 2.45) is 10.9 Å². The van der Waals surface area contributed by atoms with Crippen molar-refractivity contribution in [3.8, 4) is 0 Å². The zero-order valence-corrected chi connectivity index (χ0v) is 14.4. The van der Waals surface area contributed by atoms with Crippen molar-refractivity contribution >= 4 is 28.9 Å². The summed E-state index contributed by atoms with van der Waals surface area (Å²) in [6.07, 6.45) is 0.637. The van der Waals surface area contributed by atoms with Crippen LogP contribution in [0.1, 0.15) is 20.3 Å². The van der Waals surface area contributed by atoms with Crippen molar-refractivity contribution in [2.75, 3.05) is 33.1 Å². The van der Waals surface area contributed by atoms with Gasteiger partial charge in [-0.2, -0.15) is 0 Å². The summed E-state index contributed by atoms with van der Waals surface area (Å²) in [5, 5.41) is 3.21. The molecule has 0 spiro atoms. The number of carbonyl (C=O) groups is 2. The van der Waals surface area contributed by atoms with Crippen LogP contribution in [0.25, 0.3) is 0 Å². The highest BCUT2D eigenvalue weighted by Gasteiger charge is 2.48. The van der Waals surface area contributed by atoms with Gasteiger partial charge >= 0.3 is 6.03 Å². The fourth-order valence-corrected chi connectivity index (χ4v) is 3.76. The molecule has 7 nitrogen and oxygen atoms in total. The lowest BCUT2D eigenvalue weighted by Gasteiger charge is -2.36. The number of fused-ring (bicyclic) bond motifs is 1. The number of ether oxygens (including phenoxy) is 1. The molecule has 2 aliphatic rings. The van der Waals surface area contributed by atoms with Crippen LogP contribution in [0.5, 0.6) is 0 Å². The van der Waals surface area contributed by atoms with Crippen LogP contribution >= 0.6 is 11.8 Å². The monoisotopic (exact) mass is 328 g/mol. The maximum Gasteiger partial charge on any atom is 0.325 e. The van der Waals surface area contributed by atoms with Gasteiger partial charge in [0, 0.05) is 26.5 Å². The molecule has 2 unspecified atom stereocenters. The molecule has 0 radical (unpaired) electrons. The molecule has 0 saturated carbocycles. The minimum atomic E-state index is -0.459. The number of amides is 3. The molecule has 8 heteroatoms. The largest absolute Gasteiger partial charge is 0.383 e. The third kappa shape index (κ3) is 3.55. The molecule has 22 heavy (non-hydrogen) atoms. The number of carbonyl (C=O) groups excluding carboxylic acids is 2. The Morgan fingerprint density at radius 1 is 1.41 bits per heavy atom. The Labute approximate surface area is 135 Å². The SMILES string of the molecule is COCCN1C(SCCC(C)C)=NC2C1C(=O)NC(=O)N2C. The van der Waals surface area contributed by atoms with Gasteiger partial charge in [0.15, 0.2) is 17.4 Å². The molecule has 124 valence electrons. The average Bonchev–Trinajstić information content (AvgIpc) is 2.81. The Balaban J connectivity index is 2.13. The molecular weight excluding hydrogens is 304 g/mol. The molecule has 0 aromatic rings. The van der Waals surface area contributed by atoms with Crippen LogP contribution in [0.15, 0.2) is 4.99 Å². The Bertz CT molecular complexity index is 469. The number of imide groups is 1. The summed E-state index contributed by atoms with van der Waals surface area (Å²) in [5.41, 5.74) is 0. The van der Waals surface area contributed by atoms with Crippen LogP contribution in [0.3, 0.4) is 0 Å². The van der Waals surface area contributed by atoms with E-state index >= 15 is 0 Å². The summed E-state index contributed by atoms with van der Waals surface area (Å²) in [5.74, 6) is 1.28. The Hall–Kier alpha value is -1.28. The first kappa shape index (κ1) is 17.1. The van der Waals surface area contributed by atoms with Gasteiger partial charge in [-0.15, -0.1) is 0 Å². The smallest absolute Gasteiger partial charge is 0.325 e. The van der Waals surface area contributed by atoms with Crippen LogP contribution in [0.4, 0.5) is 4.79 Å². The summed E-state index contributed by atoms with van der Waals surface area (Å²) < 4.78 is 5.14. The zero-order chi connectivity index (χ0) is 16.3. The Morgan fingerprint density at radius 2 is 2.14 bits per heavy atom. The second-order valence-corrected chi connectivity index (χ2v) is 6.95. The first-order valence-corrected chi connectivity index (χ1v) is 8.48. The third-order valence-corrected chi connectivity index (χ3v) is 4.82. The molecule has 3 amide bonds. The zero-order valence-electron chi connectivity index (χ0n) is 13.5. The van der Waals surface area contributed by atoms with E-state index in [-0.39, 0.29) is 5.91 Å². The second kappa shape index (κ2) is 7.32. The van der Waals surface area contributed by atoms with Crippen molar-refractivity contribution in [3.63, 3.8) is 0 Å². The molecule has 0 aromatic carbocycles. The standard InChI is InChI=1S/C14H24N4O3S/c1-9(2)5-8-22-14-15-11-10(18(14)6-7-21-4)12(19)16-13(20)17(11)3/h9-11H,5-8H2,1-4H3,(H,16,19,20). The van der Waals surface area contributed by atoms with E-state index in [4.69, 9.17) is 4.74 Å². The summed E-state index contributed by atoms with van der Waals surface area (Å²) in [6, 6.07) is -0.852. The van der Waals surface area contributed by atoms with E-state index in [1.165, 1.54) is 4.90 Å². The van der Waals surface area contributed by atoms with E-state index in [0.717, 1.165) is 17.3 Å². The number of likely N-dealkylation sites (N-methyl/N-ethyl adjacent to an activating group) is 1. The van der Waals surface area contributed by atoms with Crippen LogP contribution in [0, 0.1) is 5.92 Å². The lowest BCUT2D eigenvalue weighted by Crippen LogP contribution is -2.63. The second-order valence-electron chi connectivity index (χ2n) is 5.89. The van der Waals surface area contributed by atoms with Crippen LogP contribution in [-0.4, -0.2) is 72.2 Å². The quantitative estimate of drug-likeness (QED) is 0.786. The molecule has 1 saturated heterocycles. The molecule has 2 rings (SSSR count). The van der Waals surface area contributed by atoms with Crippen LogP contribution < -0.4 is 5.32 Å². The number of nitrogens with one attached hydrogen (secondary N) is 1. The fourth-order valence-electron chi connectivity index (χ4n) is 2.43. The number of thioether (sulfide) groups is 1. The highest BCUT2D eigenvalue weighted by Crippen LogP contribution is 2.28. The average molecular weight is 328 g/mol. The molecule has 1 N–H and O–H groups in total. The van der Waals surface area contributed by atoms with Crippen molar-refractivity contribution in [1.29, 1.82) is 0 Å². The summed E-state index contributed by atoms with van der Waals surface area (Å²) >= 11 is 1.64. The van der Waals surface area contributed by atoms with Crippen molar-refractivity contribution in [1.82, 2.24) is 15.1 Å². The maximum atomic E-state index is 12.2. The normalized spacial score (nSPS) is 24.7. The van der Waals surface area contributed by atoms with E-state index in [9.17, 15) is 9.59 Å². The Kier molecular flexibility index (Phi) is 5.69. The molecule has 2 aliphatic heterocycles. The number of nitrogens with zero attached hydrogens (tertiary/aromatic N) is 3. The van der Waals surface area contributed by atoms with Gasteiger partial charge in [-0.05, 0) is 12.3 Å². The fraction of sp³-hybridized carbons (Fsp3) is 0.786. The van der Waals surface area contributed by atoms with Crippen molar-refractivity contribution in [3.05, 3.63) is 0 Å². The topological polar surface area (TPSA) is 74.2 Å². The van der Waals surface area contributed by atoms with E-state index in [0.29, 0.717) is 19.1 Å². The third-order valence-electron chi connectivity index (χ3n) is 3.79. The molecule has 0 bridgehead atoms. The number of methoxy groups -OCH3 is 1. The Morgan fingerprint density at radius 3 is 2.77 bits per heavy atom. The lowest BCUT2D eigenvalue weighted by atomic mass is 10.1. The van der Waals surface area contributed by atoms with Gasteiger partial charge in [0.25, 0.3) is 5.91 Å².